The van der Waals surface area contributed by atoms with Crippen LogP contribution in [0, 0.1) is 11.8 Å². The molecule has 0 aromatic heterocycles. The van der Waals surface area contributed by atoms with Crippen LogP contribution in [0.1, 0.15) is 44.5 Å². The fourth-order valence-electron chi connectivity index (χ4n) is 1.57. The van der Waals surface area contributed by atoms with Crippen LogP contribution in [-0.4, -0.2) is 22.4 Å². The van der Waals surface area contributed by atoms with Gasteiger partial charge in [-0.1, -0.05) is 24.1 Å². The van der Waals surface area contributed by atoms with Crippen molar-refractivity contribution in [2.45, 2.75) is 39.7 Å². The van der Waals surface area contributed by atoms with Gasteiger partial charge in [-0.3, -0.25) is 15.0 Å². The Balaban J connectivity index is 2.93. The van der Waals surface area contributed by atoms with Crippen molar-refractivity contribution in [1.29, 1.82) is 0 Å². The Morgan fingerprint density at radius 2 is 1.80 bits per heavy atom. The minimum atomic E-state index is -0.526. The molecule has 0 unspecified atom stereocenters. The van der Waals surface area contributed by atoms with Gasteiger partial charge in [-0.2, -0.15) is 0 Å². The highest BCUT2D eigenvalue weighted by Gasteiger charge is 2.28. The first-order chi connectivity index (χ1) is 9.36. The molecule has 0 aliphatic rings. The lowest BCUT2D eigenvalue weighted by atomic mass is 10.1. The van der Waals surface area contributed by atoms with Crippen molar-refractivity contribution in [3.05, 3.63) is 35.9 Å². The Morgan fingerprint density at radius 3 is 2.30 bits per heavy atom. The number of hydrazine groups is 1. The largest absolute Gasteiger partial charge is 0.272 e. The second kappa shape index (κ2) is 6.76. The van der Waals surface area contributed by atoms with Crippen molar-refractivity contribution in [3.63, 3.8) is 0 Å². The summed E-state index contributed by atoms with van der Waals surface area (Å²) in [4.78, 5) is 24.3. The summed E-state index contributed by atoms with van der Waals surface area (Å²) in [6, 6.07) is 8.86. The third kappa shape index (κ3) is 4.43. The first-order valence-corrected chi connectivity index (χ1v) is 6.45. The van der Waals surface area contributed by atoms with Gasteiger partial charge in [0.15, 0.2) is 0 Å². The van der Waals surface area contributed by atoms with E-state index in [1.54, 1.807) is 31.2 Å². The van der Waals surface area contributed by atoms with Gasteiger partial charge in [0.1, 0.15) is 0 Å². The number of carbonyl (C=O) groups is 2. The first kappa shape index (κ1) is 15.8. The third-order valence-corrected chi connectivity index (χ3v) is 2.56. The number of rotatable bonds is 2. The van der Waals surface area contributed by atoms with E-state index in [-0.39, 0.29) is 18.2 Å². The Kier molecular flexibility index (Phi) is 5.33. The zero-order valence-electron chi connectivity index (χ0n) is 12.4. The molecule has 0 saturated heterocycles. The molecule has 0 spiro atoms. The van der Waals surface area contributed by atoms with Crippen molar-refractivity contribution in [1.82, 2.24) is 10.4 Å². The lowest BCUT2D eigenvalue weighted by Gasteiger charge is -2.35. The smallest absolute Gasteiger partial charge is 0.272 e. The second-order valence-corrected chi connectivity index (χ2v) is 5.32. The van der Waals surface area contributed by atoms with E-state index in [0.717, 1.165) is 0 Å². The summed E-state index contributed by atoms with van der Waals surface area (Å²) in [5.74, 6) is 4.81. The molecule has 4 nitrogen and oxygen atoms in total. The molecule has 0 radical (unpaired) electrons. The molecule has 0 heterocycles. The Hall–Kier alpha value is -2.28. The standard InChI is InChI=1S/C16H20N2O2/c1-5-6-12-14(19)17-18(16(2,3)4)15(20)13-10-8-7-9-11-13/h7-11H,12H2,1-4H3,(H,17,19). The SMILES string of the molecule is CC#CCC(=O)NN(C(=O)c1ccccc1)C(C)(C)C. The summed E-state index contributed by atoms with van der Waals surface area (Å²) in [7, 11) is 0. The number of hydrogen-bond donors (Lipinski definition) is 1. The van der Waals surface area contributed by atoms with Crippen LogP contribution in [-0.2, 0) is 4.79 Å². The molecule has 1 aromatic rings. The van der Waals surface area contributed by atoms with E-state index in [4.69, 9.17) is 0 Å². The minimum absolute atomic E-state index is 0.0746. The maximum Gasteiger partial charge on any atom is 0.272 e. The van der Waals surface area contributed by atoms with E-state index in [1.807, 2.05) is 26.8 Å². The van der Waals surface area contributed by atoms with E-state index in [0.29, 0.717) is 5.56 Å². The van der Waals surface area contributed by atoms with Crippen molar-refractivity contribution >= 4 is 11.8 Å². The van der Waals surface area contributed by atoms with Crippen molar-refractivity contribution in [3.8, 4) is 11.8 Å². The van der Waals surface area contributed by atoms with E-state index in [2.05, 4.69) is 17.3 Å². The van der Waals surface area contributed by atoms with Gasteiger partial charge < -0.3 is 0 Å². The molecule has 0 bridgehead atoms. The lowest BCUT2D eigenvalue weighted by molar-refractivity contribution is -0.125. The van der Waals surface area contributed by atoms with Gasteiger partial charge in [0.05, 0.1) is 12.0 Å². The van der Waals surface area contributed by atoms with E-state index >= 15 is 0 Å². The molecular formula is C16H20N2O2. The third-order valence-electron chi connectivity index (χ3n) is 2.56. The van der Waals surface area contributed by atoms with Crippen LogP contribution in [0.2, 0.25) is 0 Å². The molecule has 0 atom stereocenters. The molecule has 0 fully saturated rings. The minimum Gasteiger partial charge on any atom is -0.272 e. The van der Waals surface area contributed by atoms with Gasteiger partial charge in [0, 0.05) is 5.56 Å². The van der Waals surface area contributed by atoms with Crippen LogP contribution in [0.15, 0.2) is 30.3 Å². The van der Waals surface area contributed by atoms with Crippen LogP contribution < -0.4 is 5.43 Å². The summed E-state index contributed by atoms with van der Waals surface area (Å²) in [5, 5.41) is 1.35. The molecule has 0 saturated carbocycles. The molecule has 1 aromatic carbocycles. The average molecular weight is 272 g/mol. The predicted molar refractivity (Wildman–Crippen MR) is 78.6 cm³/mol. The zero-order valence-corrected chi connectivity index (χ0v) is 12.4. The molecule has 106 valence electrons. The first-order valence-electron chi connectivity index (χ1n) is 6.45. The predicted octanol–water partition coefficient (Wildman–Crippen LogP) is 2.37. The summed E-state index contributed by atoms with van der Waals surface area (Å²) in [6.45, 7) is 7.25. The summed E-state index contributed by atoms with van der Waals surface area (Å²) < 4.78 is 0. The van der Waals surface area contributed by atoms with Crippen LogP contribution >= 0.6 is 0 Å². The van der Waals surface area contributed by atoms with E-state index in [9.17, 15) is 9.59 Å². The second-order valence-electron chi connectivity index (χ2n) is 5.32. The Morgan fingerprint density at radius 1 is 1.20 bits per heavy atom. The maximum absolute atomic E-state index is 12.5. The number of benzene rings is 1. The van der Waals surface area contributed by atoms with Gasteiger partial charge in [-0.15, -0.1) is 5.92 Å². The van der Waals surface area contributed by atoms with Gasteiger partial charge >= 0.3 is 0 Å². The number of amides is 2. The van der Waals surface area contributed by atoms with Crippen molar-refractivity contribution in [2.24, 2.45) is 0 Å². The van der Waals surface area contributed by atoms with E-state index in [1.165, 1.54) is 5.01 Å². The molecule has 0 aliphatic carbocycles. The number of carbonyl (C=O) groups excluding carboxylic acids is 2. The highest BCUT2D eigenvalue weighted by atomic mass is 16.2. The molecule has 1 rings (SSSR count). The highest BCUT2D eigenvalue weighted by Crippen LogP contribution is 2.15. The van der Waals surface area contributed by atoms with Crippen LogP contribution in [0.3, 0.4) is 0 Å². The highest BCUT2D eigenvalue weighted by molar-refractivity contribution is 5.96. The fourth-order valence-corrected chi connectivity index (χ4v) is 1.57. The Bertz CT molecular complexity index is 533. The topological polar surface area (TPSA) is 49.4 Å². The zero-order chi connectivity index (χ0) is 15.2. The summed E-state index contributed by atoms with van der Waals surface area (Å²) in [6.07, 6.45) is 0.0746. The molecule has 2 amide bonds. The summed E-state index contributed by atoms with van der Waals surface area (Å²) >= 11 is 0. The lowest BCUT2D eigenvalue weighted by Crippen LogP contribution is -2.55. The quantitative estimate of drug-likeness (QED) is 0.664. The molecule has 1 N–H and O–H groups in total. The van der Waals surface area contributed by atoms with Gasteiger partial charge in [-0.25, -0.2) is 5.01 Å². The van der Waals surface area contributed by atoms with Crippen molar-refractivity contribution < 1.29 is 9.59 Å². The molecule has 0 aliphatic heterocycles. The van der Waals surface area contributed by atoms with Gasteiger partial charge in [-0.05, 0) is 39.8 Å². The molecule has 4 heteroatoms. The van der Waals surface area contributed by atoms with Crippen molar-refractivity contribution in [2.75, 3.05) is 0 Å². The monoisotopic (exact) mass is 272 g/mol. The fraction of sp³-hybridized carbons (Fsp3) is 0.375. The van der Waals surface area contributed by atoms with Crippen LogP contribution in [0.5, 0.6) is 0 Å². The molecule has 20 heavy (non-hydrogen) atoms. The van der Waals surface area contributed by atoms with Gasteiger partial charge in [0.2, 0.25) is 0 Å². The van der Waals surface area contributed by atoms with Crippen LogP contribution in [0.4, 0.5) is 0 Å². The van der Waals surface area contributed by atoms with Gasteiger partial charge in [0.25, 0.3) is 11.8 Å². The normalized spacial score (nSPS) is 10.2. The molecular weight excluding hydrogens is 252 g/mol. The average Bonchev–Trinajstić information content (AvgIpc) is 2.41. The van der Waals surface area contributed by atoms with E-state index < -0.39 is 5.54 Å². The number of hydrogen-bond acceptors (Lipinski definition) is 2. The maximum atomic E-state index is 12.5. The Labute approximate surface area is 120 Å². The van der Waals surface area contributed by atoms with Crippen LogP contribution in [0.25, 0.3) is 0 Å². The number of nitrogens with one attached hydrogen (secondary N) is 1. The summed E-state index contributed by atoms with van der Waals surface area (Å²) in [5.41, 5.74) is 2.64. The number of nitrogens with zero attached hydrogens (tertiary/aromatic N) is 1.